The summed E-state index contributed by atoms with van der Waals surface area (Å²) in [5.74, 6) is 1.63. The highest BCUT2D eigenvalue weighted by atomic mass is 16.5. The zero-order chi connectivity index (χ0) is 14.9. The summed E-state index contributed by atoms with van der Waals surface area (Å²) in [6.45, 7) is 5.55. The monoisotopic (exact) mass is 293 g/mol. The van der Waals surface area contributed by atoms with Crippen molar-refractivity contribution in [3.05, 3.63) is 23.8 Å². The highest BCUT2D eigenvalue weighted by Crippen LogP contribution is 2.28. The fourth-order valence-electron chi connectivity index (χ4n) is 2.58. The van der Waals surface area contributed by atoms with E-state index in [0.717, 1.165) is 44.0 Å². The van der Waals surface area contributed by atoms with Gasteiger partial charge in [0.1, 0.15) is 0 Å². The maximum Gasteiger partial charge on any atom is 0.161 e. The minimum absolute atomic E-state index is 0.440. The van der Waals surface area contributed by atoms with Crippen LogP contribution in [0.5, 0.6) is 11.5 Å². The van der Waals surface area contributed by atoms with Crippen LogP contribution < -0.4 is 14.8 Å². The zero-order valence-electron chi connectivity index (χ0n) is 13.2. The fourth-order valence-corrected chi connectivity index (χ4v) is 2.58. The Morgan fingerprint density at radius 2 is 2.24 bits per heavy atom. The maximum absolute atomic E-state index is 5.90. The average molecular weight is 293 g/mol. The Balaban J connectivity index is 1.81. The van der Waals surface area contributed by atoms with Crippen molar-refractivity contribution in [3.8, 4) is 11.5 Å². The van der Waals surface area contributed by atoms with E-state index in [1.54, 1.807) is 7.11 Å². The summed E-state index contributed by atoms with van der Waals surface area (Å²) in [4.78, 5) is 0. The molecule has 1 fully saturated rings. The molecule has 0 bridgehead atoms. The van der Waals surface area contributed by atoms with Gasteiger partial charge in [0, 0.05) is 13.2 Å². The van der Waals surface area contributed by atoms with Gasteiger partial charge in [0.05, 0.1) is 19.8 Å². The first-order valence-corrected chi connectivity index (χ1v) is 7.95. The first kappa shape index (κ1) is 16.1. The molecule has 1 atom stereocenters. The maximum atomic E-state index is 5.90. The summed E-state index contributed by atoms with van der Waals surface area (Å²) in [7, 11) is 1.68. The third kappa shape index (κ3) is 5.21. The predicted octanol–water partition coefficient (Wildman–Crippen LogP) is 3.14. The topological polar surface area (TPSA) is 39.7 Å². The van der Waals surface area contributed by atoms with Gasteiger partial charge in [-0.15, -0.1) is 0 Å². The number of methoxy groups -OCH3 is 1. The second-order valence-electron chi connectivity index (χ2n) is 5.39. The van der Waals surface area contributed by atoms with E-state index in [2.05, 4.69) is 24.4 Å². The third-order valence-electron chi connectivity index (χ3n) is 3.76. The van der Waals surface area contributed by atoms with E-state index >= 15 is 0 Å². The largest absolute Gasteiger partial charge is 0.493 e. The van der Waals surface area contributed by atoms with Crippen molar-refractivity contribution in [2.24, 2.45) is 0 Å². The minimum Gasteiger partial charge on any atom is -0.493 e. The zero-order valence-corrected chi connectivity index (χ0v) is 13.2. The van der Waals surface area contributed by atoms with Crippen molar-refractivity contribution in [2.45, 2.75) is 45.3 Å². The van der Waals surface area contributed by atoms with Crippen molar-refractivity contribution >= 4 is 0 Å². The Bertz CT molecular complexity index is 416. The molecule has 2 rings (SSSR count). The van der Waals surface area contributed by atoms with Gasteiger partial charge >= 0.3 is 0 Å². The molecular weight excluding hydrogens is 266 g/mol. The van der Waals surface area contributed by atoms with Crippen LogP contribution in [0.25, 0.3) is 0 Å². The van der Waals surface area contributed by atoms with E-state index < -0.39 is 0 Å². The van der Waals surface area contributed by atoms with Gasteiger partial charge < -0.3 is 19.5 Å². The van der Waals surface area contributed by atoms with Gasteiger partial charge in [0.2, 0.25) is 0 Å². The Kier molecular flexibility index (Phi) is 6.83. The van der Waals surface area contributed by atoms with Crippen LogP contribution in [0.1, 0.15) is 38.2 Å². The molecular formula is C17H27NO3. The highest BCUT2D eigenvalue weighted by molar-refractivity contribution is 5.42. The molecule has 0 saturated carbocycles. The molecule has 1 unspecified atom stereocenters. The molecule has 1 N–H and O–H groups in total. The van der Waals surface area contributed by atoms with Crippen LogP contribution in [0, 0.1) is 0 Å². The van der Waals surface area contributed by atoms with Gasteiger partial charge in [-0.1, -0.05) is 13.0 Å². The molecule has 1 aliphatic heterocycles. The molecule has 0 aliphatic carbocycles. The summed E-state index contributed by atoms with van der Waals surface area (Å²) in [6.07, 6.45) is 4.94. The third-order valence-corrected chi connectivity index (χ3v) is 3.76. The van der Waals surface area contributed by atoms with Crippen molar-refractivity contribution < 1.29 is 14.2 Å². The normalized spacial score (nSPS) is 17.9. The minimum atomic E-state index is 0.440. The first-order valence-electron chi connectivity index (χ1n) is 7.95. The van der Waals surface area contributed by atoms with Gasteiger partial charge in [-0.3, -0.25) is 0 Å². The van der Waals surface area contributed by atoms with Crippen LogP contribution in [-0.2, 0) is 11.3 Å². The molecule has 1 aromatic rings. The number of ether oxygens (including phenoxy) is 3. The molecule has 21 heavy (non-hydrogen) atoms. The van der Waals surface area contributed by atoms with Crippen molar-refractivity contribution in [3.63, 3.8) is 0 Å². The summed E-state index contributed by atoms with van der Waals surface area (Å²) in [5, 5.41) is 3.32. The fraction of sp³-hybridized carbons (Fsp3) is 0.647. The highest BCUT2D eigenvalue weighted by Gasteiger charge is 2.15. The van der Waals surface area contributed by atoms with E-state index in [4.69, 9.17) is 14.2 Å². The lowest BCUT2D eigenvalue weighted by Crippen LogP contribution is -2.12. The lowest BCUT2D eigenvalue weighted by atomic mass is 10.1. The molecule has 1 aromatic carbocycles. The smallest absolute Gasteiger partial charge is 0.161 e. The van der Waals surface area contributed by atoms with Gasteiger partial charge in [0.25, 0.3) is 0 Å². The molecule has 4 nitrogen and oxygen atoms in total. The van der Waals surface area contributed by atoms with E-state index in [1.165, 1.54) is 18.4 Å². The molecule has 4 heteroatoms. The number of hydrogen-bond acceptors (Lipinski definition) is 4. The standard InChI is InChI=1S/C17H27NO3/c1-3-18-13-14-8-9-16(19-2)17(12-14)21-11-5-7-15-6-4-10-20-15/h8-9,12,15,18H,3-7,10-11,13H2,1-2H3. The lowest BCUT2D eigenvalue weighted by Gasteiger charge is -2.14. The Labute approximate surface area is 127 Å². The summed E-state index contributed by atoms with van der Waals surface area (Å²) >= 11 is 0. The van der Waals surface area contributed by atoms with Crippen LogP contribution in [-0.4, -0.2) is 33.0 Å². The molecule has 1 aliphatic rings. The molecule has 1 heterocycles. The van der Waals surface area contributed by atoms with Crippen LogP contribution in [0.4, 0.5) is 0 Å². The second kappa shape index (κ2) is 8.90. The van der Waals surface area contributed by atoms with Crippen LogP contribution in [0.15, 0.2) is 18.2 Å². The SMILES string of the molecule is CCNCc1ccc(OC)c(OCCCC2CCCO2)c1. The predicted molar refractivity (Wildman–Crippen MR) is 84.1 cm³/mol. The Hall–Kier alpha value is -1.26. The molecule has 0 amide bonds. The number of benzene rings is 1. The van der Waals surface area contributed by atoms with Crippen molar-refractivity contribution in [2.75, 3.05) is 26.9 Å². The van der Waals surface area contributed by atoms with Crippen LogP contribution >= 0.6 is 0 Å². The van der Waals surface area contributed by atoms with Crippen LogP contribution in [0.2, 0.25) is 0 Å². The quantitative estimate of drug-likeness (QED) is 0.710. The van der Waals surface area contributed by atoms with E-state index in [-0.39, 0.29) is 0 Å². The van der Waals surface area contributed by atoms with E-state index in [9.17, 15) is 0 Å². The molecule has 118 valence electrons. The number of nitrogens with one attached hydrogen (secondary N) is 1. The lowest BCUT2D eigenvalue weighted by molar-refractivity contribution is 0.0980. The summed E-state index contributed by atoms with van der Waals surface area (Å²) in [6, 6.07) is 6.11. The second-order valence-corrected chi connectivity index (χ2v) is 5.39. The molecule has 0 radical (unpaired) electrons. The van der Waals surface area contributed by atoms with Crippen LogP contribution in [0.3, 0.4) is 0 Å². The van der Waals surface area contributed by atoms with Gasteiger partial charge in [-0.05, 0) is 49.9 Å². The van der Waals surface area contributed by atoms with Crippen molar-refractivity contribution in [1.82, 2.24) is 5.32 Å². The summed E-state index contributed by atoms with van der Waals surface area (Å²) in [5.41, 5.74) is 1.21. The van der Waals surface area contributed by atoms with Gasteiger partial charge in [-0.2, -0.15) is 0 Å². The molecule has 1 saturated heterocycles. The molecule has 0 aromatic heterocycles. The van der Waals surface area contributed by atoms with Crippen molar-refractivity contribution in [1.29, 1.82) is 0 Å². The Morgan fingerprint density at radius 1 is 1.33 bits per heavy atom. The number of rotatable bonds is 9. The Morgan fingerprint density at radius 3 is 2.95 bits per heavy atom. The van der Waals surface area contributed by atoms with E-state index in [0.29, 0.717) is 12.7 Å². The van der Waals surface area contributed by atoms with E-state index in [1.807, 2.05) is 6.07 Å². The first-order chi connectivity index (χ1) is 10.3. The average Bonchev–Trinajstić information content (AvgIpc) is 3.03. The van der Waals surface area contributed by atoms with Gasteiger partial charge in [0.15, 0.2) is 11.5 Å². The number of hydrogen-bond donors (Lipinski definition) is 1. The molecule has 0 spiro atoms. The van der Waals surface area contributed by atoms with Gasteiger partial charge in [-0.25, -0.2) is 0 Å². The summed E-state index contributed by atoms with van der Waals surface area (Å²) < 4.78 is 16.9.